The van der Waals surface area contributed by atoms with Crippen LogP contribution in [-0.2, 0) is 4.74 Å². The number of rotatable bonds is 4. The lowest BCUT2D eigenvalue weighted by Gasteiger charge is -2.17. The highest BCUT2D eigenvalue weighted by Gasteiger charge is 2.37. The molecular weight excluding hydrogens is 358 g/mol. The summed E-state index contributed by atoms with van der Waals surface area (Å²) in [6.07, 6.45) is 1.61. The second-order valence-corrected chi connectivity index (χ2v) is 6.73. The SMILES string of the molecule is N#Cc1ccccc1NC(=O)c1ccc2c(c1)C(=O)N(CC1CCCO1)C2=O. The van der Waals surface area contributed by atoms with Crippen molar-refractivity contribution < 1.29 is 19.1 Å². The number of para-hydroxylation sites is 1. The molecule has 2 aliphatic rings. The number of benzene rings is 2. The van der Waals surface area contributed by atoms with Crippen molar-refractivity contribution in [3.8, 4) is 6.07 Å². The second-order valence-electron chi connectivity index (χ2n) is 6.73. The van der Waals surface area contributed by atoms with Crippen molar-refractivity contribution in [2.75, 3.05) is 18.5 Å². The number of imide groups is 1. The first-order valence-corrected chi connectivity index (χ1v) is 9.01. The molecule has 0 radical (unpaired) electrons. The maximum atomic E-state index is 12.7. The first kappa shape index (κ1) is 17.9. The van der Waals surface area contributed by atoms with Crippen LogP contribution in [0.1, 0.15) is 49.5 Å². The van der Waals surface area contributed by atoms with Gasteiger partial charge in [0.1, 0.15) is 6.07 Å². The number of nitriles is 1. The van der Waals surface area contributed by atoms with Crippen molar-refractivity contribution in [3.05, 3.63) is 64.7 Å². The van der Waals surface area contributed by atoms with Gasteiger partial charge in [-0.25, -0.2) is 0 Å². The first-order valence-electron chi connectivity index (χ1n) is 9.01. The number of carbonyl (C=O) groups is 3. The smallest absolute Gasteiger partial charge is 0.261 e. The molecule has 1 atom stereocenters. The molecule has 2 heterocycles. The third-order valence-corrected chi connectivity index (χ3v) is 4.94. The summed E-state index contributed by atoms with van der Waals surface area (Å²) >= 11 is 0. The topological polar surface area (TPSA) is 99.5 Å². The monoisotopic (exact) mass is 375 g/mol. The van der Waals surface area contributed by atoms with E-state index in [2.05, 4.69) is 5.32 Å². The highest BCUT2D eigenvalue weighted by atomic mass is 16.5. The van der Waals surface area contributed by atoms with E-state index in [0.717, 1.165) is 12.8 Å². The molecular formula is C21H17N3O4. The molecule has 140 valence electrons. The van der Waals surface area contributed by atoms with Crippen LogP contribution in [0.2, 0.25) is 0 Å². The summed E-state index contributed by atoms with van der Waals surface area (Å²) in [6.45, 7) is 0.867. The Morgan fingerprint density at radius 3 is 2.71 bits per heavy atom. The lowest BCUT2D eigenvalue weighted by atomic mass is 10.0. The van der Waals surface area contributed by atoms with Crippen LogP contribution < -0.4 is 5.32 Å². The Bertz CT molecular complexity index is 1020. The zero-order valence-corrected chi connectivity index (χ0v) is 15.0. The molecule has 2 aliphatic heterocycles. The van der Waals surface area contributed by atoms with Crippen LogP contribution in [0.15, 0.2) is 42.5 Å². The molecule has 0 spiro atoms. The van der Waals surface area contributed by atoms with Crippen LogP contribution in [0.5, 0.6) is 0 Å². The maximum absolute atomic E-state index is 12.7. The fourth-order valence-electron chi connectivity index (χ4n) is 3.47. The lowest BCUT2D eigenvalue weighted by Crippen LogP contribution is -2.36. The molecule has 7 nitrogen and oxygen atoms in total. The average Bonchev–Trinajstić information content (AvgIpc) is 3.31. The molecule has 0 aliphatic carbocycles. The van der Waals surface area contributed by atoms with E-state index >= 15 is 0 Å². The standard InChI is InChI=1S/C21H17N3O4/c22-11-14-4-1-2-6-18(14)23-19(25)13-7-8-16-17(10-13)21(27)24(20(16)26)12-15-5-3-9-28-15/h1-2,4,6-8,10,15H,3,5,9,12H2,(H,23,25). The third kappa shape index (κ3) is 3.15. The molecule has 0 aromatic heterocycles. The molecule has 2 aromatic rings. The summed E-state index contributed by atoms with van der Waals surface area (Å²) in [5.41, 5.74) is 1.47. The third-order valence-electron chi connectivity index (χ3n) is 4.94. The predicted molar refractivity (Wildman–Crippen MR) is 99.9 cm³/mol. The van der Waals surface area contributed by atoms with Gasteiger partial charge >= 0.3 is 0 Å². The van der Waals surface area contributed by atoms with Crippen molar-refractivity contribution >= 4 is 23.4 Å². The normalized spacial score (nSPS) is 18.1. The zero-order chi connectivity index (χ0) is 19.7. The maximum Gasteiger partial charge on any atom is 0.261 e. The van der Waals surface area contributed by atoms with E-state index in [-0.39, 0.29) is 35.2 Å². The van der Waals surface area contributed by atoms with Crippen LogP contribution in [0, 0.1) is 11.3 Å². The van der Waals surface area contributed by atoms with Gasteiger partial charge in [-0.1, -0.05) is 12.1 Å². The highest BCUT2D eigenvalue weighted by molar-refractivity contribution is 6.22. The van der Waals surface area contributed by atoms with Crippen LogP contribution >= 0.6 is 0 Å². The highest BCUT2D eigenvalue weighted by Crippen LogP contribution is 2.26. The molecule has 0 bridgehead atoms. The Morgan fingerprint density at radius 2 is 1.96 bits per heavy atom. The van der Waals surface area contributed by atoms with E-state index in [1.165, 1.54) is 23.1 Å². The van der Waals surface area contributed by atoms with Crippen molar-refractivity contribution in [2.45, 2.75) is 18.9 Å². The fraction of sp³-hybridized carbons (Fsp3) is 0.238. The summed E-state index contributed by atoms with van der Waals surface area (Å²) in [7, 11) is 0. The van der Waals surface area contributed by atoms with Gasteiger partial charge in [0.25, 0.3) is 17.7 Å². The Morgan fingerprint density at radius 1 is 1.18 bits per heavy atom. The van der Waals surface area contributed by atoms with Crippen molar-refractivity contribution in [1.29, 1.82) is 5.26 Å². The van der Waals surface area contributed by atoms with Gasteiger partial charge in [-0.3, -0.25) is 19.3 Å². The number of fused-ring (bicyclic) bond motifs is 1. The molecule has 1 unspecified atom stereocenters. The number of nitrogens with zero attached hydrogens (tertiary/aromatic N) is 2. The molecule has 1 saturated heterocycles. The van der Waals surface area contributed by atoms with E-state index in [4.69, 9.17) is 10.00 Å². The van der Waals surface area contributed by atoms with Gasteiger partial charge in [0.15, 0.2) is 0 Å². The summed E-state index contributed by atoms with van der Waals surface area (Å²) in [5, 5.41) is 11.8. The molecule has 7 heteroatoms. The molecule has 4 rings (SSSR count). The van der Waals surface area contributed by atoms with Gasteiger partial charge in [-0.05, 0) is 43.2 Å². The number of nitrogens with one attached hydrogen (secondary N) is 1. The Hall–Kier alpha value is -3.50. The average molecular weight is 375 g/mol. The summed E-state index contributed by atoms with van der Waals surface area (Å²) in [5.74, 6) is -1.23. The molecule has 28 heavy (non-hydrogen) atoms. The van der Waals surface area contributed by atoms with E-state index in [1.54, 1.807) is 24.3 Å². The Balaban J connectivity index is 1.56. The van der Waals surface area contributed by atoms with Crippen molar-refractivity contribution in [2.24, 2.45) is 0 Å². The van der Waals surface area contributed by atoms with Crippen molar-refractivity contribution in [1.82, 2.24) is 4.90 Å². The summed E-state index contributed by atoms with van der Waals surface area (Å²) in [6, 6.07) is 13.1. The van der Waals surface area contributed by atoms with Gasteiger partial charge in [-0.2, -0.15) is 5.26 Å². The second kappa shape index (κ2) is 7.25. The molecule has 2 aromatic carbocycles. The van der Waals surface area contributed by atoms with Crippen LogP contribution in [0.3, 0.4) is 0 Å². The summed E-state index contributed by atoms with van der Waals surface area (Å²) in [4.78, 5) is 39.0. The fourth-order valence-corrected chi connectivity index (χ4v) is 3.47. The van der Waals surface area contributed by atoms with E-state index in [9.17, 15) is 14.4 Å². The van der Waals surface area contributed by atoms with Gasteiger partial charge in [0.05, 0.1) is 35.0 Å². The first-order chi connectivity index (χ1) is 13.6. The zero-order valence-electron chi connectivity index (χ0n) is 15.0. The number of carbonyl (C=O) groups excluding carboxylic acids is 3. The number of anilines is 1. The predicted octanol–water partition coefficient (Wildman–Crippen LogP) is 2.59. The summed E-state index contributed by atoms with van der Waals surface area (Å²) < 4.78 is 5.52. The Labute approximate surface area is 161 Å². The number of ether oxygens (including phenoxy) is 1. The largest absolute Gasteiger partial charge is 0.376 e. The van der Waals surface area contributed by atoms with Gasteiger partial charge in [-0.15, -0.1) is 0 Å². The van der Waals surface area contributed by atoms with Gasteiger partial charge < -0.3 is 10.1 Å². The molecule has 1 fully saturated rings. The molecule has 1 N–H and O–H groups in total. The van der Waals surface area contributed by atoms with Gasteiger partial charge in [0, 0.05) is 12.2 Å². The van der Waals surface area contributed by atoms with Gasteiger partial charge in [0.2, 0.25) is 0 Å². The number of hydrogen-bond acceptors (Lipinski definition) is 5. The number of amides is 3. The van der Waals surface area contributed by atoms with E-state index in [1.807, 2.05) is 6.07 Å². The minimum absolute atomic E-state index is 0.132. The molecule has 3 amide bonds. The minimum atomic E-state index is -0.455. The van der Waals surface area contributed by atoms with Crippen LogP contribution in [0.25, 0.3) is 0 Å². The van der Waals surface area contributed by atoms with E-state index in [0.29, 0.717) is 17.9 Å². The van der Waals surface area contributed by atoms with Crippen LogP contribution in [-0.4, -0.2) is 41.9 Å². The quantitative estimate of drug-likeness (QED) is 0.828. The van der Waals surface area contributed by atoms with E-state index < -0.39 is 11.8 Å². The van der Waals surface area contributed by atoms with Crippen LogP contribution in [0.4, 0.5) is 5.69 Å². The minimum Gasteiger partial charge on any atom is -0.376 e. The number of hydrogen-bond donors (Lipinski definition) is 1. The molecule has 0 saturated carbocycles. The lowest BCUT2D eigenvalue weighted by molar-refractivity contribution is 0.0475. The Kier molecular flexibility index (Phi) is 4.63. The van der Waals surface area contributed by atoms with Crippen molar-refractivity contribution in [3.63, 3.8) is 0 Å².